The van der Waals surface area contributed by atoms with Gasteiger partial charge >= 0.3 is 0 Å². The highest BCUT2D eigenvalue weighted by Crippen LogP contribution is 2.38. The maximum Gasteiger partial charge on any atom is 0.253 e. The Hall–Kier alpha value is -12.7. The van der Waals surface area contributed by atoms with Gasteiger partial charge in [-0.3, -0.25) is 19.3 Å². The first kappa shape index (κ1) is 58.5. The zero-order chi connectivity index (χ0) is 60.9. The minimum Gasteiger partial charge on any atom is -0.486 e. The quantitative estimate of drug-likeness (QED) is 0.0410. The molecule has 438 valence electrons. The molecular formula is C64H53N15O9. The molecule has 3 amide bonds. The maximum absolute atomic E-state index is 12.0. The lowest BCUT2D eigenvalue weighted by Crippen LogP contribution is -2.27. The third kappa shape index (κ3) is 16.7. The Morgan fingerprint density at radius 3 is 1.51 bits per heavy atom. The van der Waals surface area contributed by atoms with Crippen molar-refractivity contribution in [2.45, 2.75) is 0 Å². The summed E-state index contributed by atoms with van der Waals surface area (Å²) in [5.41, 5.74) is 2.33. The number of carbonyl (C=O) groups is 3. The van der Waals surface area contributed by atoms with Crippen molar-refractivity contribution in [3.63, 3.8) is 0 Å². The summed E-state index contributed by atoms with van der Waals surface area (Å²) >= 11 is 0. The van der Waals surface area contributed by atoms with Gasteiger partial charge in [0.25, 0.3) is 5.91 Å². The Morgan fingerprint density at radius 2 is 0.898 bits per heavy atom. The first-order valence-electron chi connectivity index (χ1n) is 26.8. The molecule has 5 aromatic carbocycles. The predicted octanol–water partition coefficient (Wildman–Crippen LogP) is 12.5. The van der Waals surface area contributed by atoms with Crippen molar-refractivity contribution in [3.8, 4) is 52.0 Å². The van der Waals surface area contributed by atoms with Gasteiger partial charge in [-0.05, 0) is 121 Å². The highest BCUT2D eigenvalue weighted by Gasteiger charge is 2.25. The molecule has 0 aliphatic carbocycles. The van der Waals surface area contributed by atoms with E-state index >= 15 is 0 Å². The van der Waals surface area contributed by atoms with Crippen LogP contribution in [0.1, 0.15) is 0 Å². The van der Waals surface area contributed by atoms with Gasteiger partial charge in [0.05, 0.1) is 5.69 Å². The van der Waals surface area contributed by atoms with E-state index < -0.39 is 0 Å². The molecule has 24 nitrogen and oxygen atoms in total. The van der Waals surface area contributed by atoms with Crippen LogP contribution in [0.2, 0.25) is 0 Å². The molecular weight excluding hydrogens is 1120 g/mol. The van der Waals surface area contributed by atoms with Crippen LogP contribution in [0.4, 0.5) is 63.6 Å². The number of ether oxygens (including phenoxy) is 6. The zero-order valence-corrected chi connectivity index (χ0v) is 46.6. The average Bonchev–Trinajstić information content (AvgIpc) is 4.04. The van der Waals surface area contributed by atoms with Gasteiger partial charge in [-0.1, -0.05) is 68.3 Å². The van der Waals surface area contributed by atoms with E-state index in [4.69, 9.17) is 28.4 Å². The third-order valence-corrected chi connectivity index (χ3v) is 12.0. The average molecular weight is 1180 g/mol. The van der Waals surface area contributed by atoms with Crippen LogP contribution < -0.4 is 65.2 Å². The minimum absolute atomic E-state index is 0.157. The number of hydrogen-bond acceptors (Lipinski definition) is 21. The molecule has 0 atom stereocenters. The number of carbonyl (C=O) groups excluding carboxylic acids is 3. The number of pyridine rings is 2. The SMILES string of the molecule is C=CC(=O)N1COc2ccc(Nc3cc(Oc4ccc(Oc5ccccc5)cc4)ncn3)cc21.C=CC(=O)Nc1cccc(Nc2cc(Nc3ccccc3)ncn2)n1.C=CC(=O)Nc1cccc(Nc2cc(Oc3ccc4c(c3)OCCO4)ncn2)n1. The topological polar surface area (TPSA) is 285 Å². The standard InChI is InChI=1S/C26H20N4O4.C20H17N5O4.C18H16N6O/c1-2-26(31)30-17-32-23-13-8-18(14-22(23)30)29-24-15-25(28-16-27-24)34-21-11-9-20(10-12-21)33-19-6-4-3-5-7-19;1-2-19(26)25-17-5-3-4-16(23-17)24-18-11-20(22-12-21-18)29-13-6-7-14-15(10-13)28-9-8-27-14;1-2-18(25)24-15-10-6-9-14(22-15)23-17-11-16(19-12-20-17)21-13-7-4-3-5-8-13/h2-16H,1,17H2,(H,27,28,29);2-7,10-12H,1,8-9H2,(H2,21,22,23,24,25,26);2-12H,1H2,(H3,19,20,21,22,23,24,25). The summed E-state index contributed by atoms with van der Waals surface area (Å²) in [4.78, 5) is 70.0. The second-order valence-corrected chi connectivity index (χ2v) is 18.2. The van der Waals surface area contributed by atoms with Crippen LogP contribution in [-0.4, -0.2) is 77.5 Å². The van der Waals surface area contributed by atoms with Gasteiger partial charge in [0, 0.05) is 35.6 Å². The van der Waals surface area contributed by atoms with E-state index in [-0.39, 0.29) is 24.5 Å². The van der Waals surface area contributed by atoms with E-state index in [1.54, 1.807) is 91.0 Å². The van der Waals surface area contributed by atoms with Crippen molar-refractivity contribution in [1.29, 1.82) is 0 Å². The molecule has 2 aliphatic heterocycles. The highest BCUT2D eigenvalue weighted by molar-refractivity contribution is 6.03. The van der Waals surface area contributed by atoms with Crippen molar-refractivity contribution in [1.82, 2.24) is 39.9 Å². The molecule has 5 aromatic heterocycles. The summed E-state index contributed by atoms with van der Waals surface area (Å²) in [6.45, 7) is 11.5. The smallest absolute Gasteiger partial charge is 0.253 e. The van der Waals surface area contributed by atoms with E-state index in [0.29, 0.717) is 112 Å². The van der Waals surface area contributed by atoms with Crippen LogP contribution in [-0.2, 0) is 14.4 Å². The van der Waals surface area contributed by atoms with E-state index in [1.165, 1.54) is 42.1 Å². The molecule has 10 aromatic rings. The number of aromatic nitrogens is 8. The fourth-order valence-corrected chi connectivity index (χ4v) is 7.96. The molecule has 0 saturated carbocycles. The van der Waals surface area contributed by atoms with Crippen molar-refractivity contribution in [3.05, 3.63) is 233 Å². The van der Waals surface area contributed by atoms with Crippen LogP contribution in [0.5, 0.6) is 52.0 Å². The molecule has 0 bridgehead atoms. The summed E-state index contributed by atoms with van der Waals surface area (Å²) in [5.74, 6) is 8.51. The van der Waals surface area contributed by atoms with Crippen molar-refractivity contribution in [2.24, 2.45) is 0 Å². The molecule has 0 unspecified atom stereocenters. The number of nitrogens with one attached hydrogen (secondary N) is 6. The zero-order valence-electron chi connectivity index (χ0n) is 46.6. The highest BCUT2D eigenvalue weighted by atomic mass is 16.6. The summed E-state index contributed by atoms with van der Waals surface area (Å²) in [7, 11) is 0. The predicted molar refractivity (Wildman–Crippen MR) is 332 cm³/mol. The number of fused-ring (bicyclic) bond motifs is 2. The Bertz CT molecular complexity index is 4090. The number of rotatable bonds is 19. The summed E-state index contributed by atoms with van der Waals surface area (Å²) < 4.78 is 34.1. The van der Waals surface area contributed by atoms with E-state index in [0.717, 1.165) is 17.1 Å². The Balaban J connectivity index is 0.000000148. The second kappa shape index (κ2) is 29.0. The number of hydrogen-bond donors (Lipinski definition) is 6. The lowest BCUT2D eigenvalue weighted by molar-refractivity contribution is -0.114. The minimum atomic E-state index is -0.341. The van der Waals surface area contributed by atoms with Gasteiger partial charge in [-0.25, -0.2) is 39.9 Å². The number of para-hydroxylation sites is 2. The van der Waals surface area contributed by atoms with Crippen LogP contribution in [0, 0.1) is 0 Å². The number of anilines is 11. The first-order valence-corrected chi connectivity index (χ1v) is 26.8. The summed E-state index contributed by atoms with van der Waals surface area (Å²) in [6.07, 6.45) is 7.86. The fraction of sp³-hybridized carbons (Fsp3) is 0.0469. The van der Waals surface area contributed by atoms with Gasteiger partial charge in [0.1, 0.15) is 107 Å². The maximum atomic E-state index is 12.0. The Kier molecular flexibility index (Phi) is 19.3. The molecule has 88 heavy (non-hydrogen) atoms. The normalized spacial score (nSPS) is 11.3. The van der Waals surface area contributed by atoms with Crippen LogP contribution in [0.3, 0.4) is 0 Å². The number of amides is 3. The van der Waals surface area contributed by atoms with Gasteiger partial charge in [0.15, 0.2) is 18.2 Å². The van der Waals surface area contributed by atoms with E-state index in [2.05, 4.69) is 91.5 Å². The molecule has 7 heterocycles. The van der Waals surface area contributed by atoms with Gasteiger partial charge in [-0.15, -0.1) is 0 Å². The first-order chi connectivity index (χ1) is 43.1. The van der Waals surface area contributed by atoms with Crippen LogP contribution in [0.25, 0.3) is 0 Å². The summed E-state index contributed by atoms with van der Waals surface area (Å²) in [5, 5.41) is 17.7. The molecule has 0 saturated heterocycles. The number of benzene rings is 5. The fourth-order valence-electron chi connectivity index (χ4n) is 7.96. The molecule has 0 spiro atoms. The second-order valence-electron chi connectivity index (χ2n) is 18.2. The molecule has 12 rings (SSSR count). The van der Waals surface area contributed by atoms with Gasteiger partial charge in [-0.2, -0.15) is 0 Å². The molecule has 0 radical (unpaired) electrons. The lowest BCUT2D eigenvalue weighted by atomic mass is 10.2. The third-order valence-electron chi connectivity index (χ3n) is 12.0. The monoisotopic (exact) mass is 1180 g/mol. The molecule has 0 fully saturated rings. The molecule has 24 heteroatoms. The van der Waals surface area contributed by atoms with Crippen LogP contribution in [0.15, 0.2) is 233 Å². The Labute approximate surface area is 503 Å². The van der Waals surface area contributed by atoms with E-state index in [9.17, 15) is 14.4 Å². The van der Waals surface area contributed by atoms with Gasteiger partial charge in [0.2, 0.25) is 23.6 Å². The largest absolute Gasteiger partial charge is 0.486 e. The van der Waals surface area contributed by atoms with Crippen molar-refractivity contribution >= 4 is 81.3 Å². The molecule has 6 N–H and O–H groups in total. The number of nitrogens with zero attached hydrogens (tertiary/aromatic N) is 9. The lowest BCUT2D eigenvalue weighted by Gasteiger charge is -2.18. The Morgan fingerprint density at radius 1 is 0.409 bits per heavy atom. The summed E-state index contributed by atoms with van der Waals surface area (Å²) in [6, 6.07) is 52.8. The molecule has 2 aliphatic rings. The van der Waals surface area contributed by atoms with Crippen molar-refractivity contribution < 1.29 is 42.8 Å². The van der Waals surface area contributed by atoms with Gasteiger partial charge < -0.3 is 60.3 Å². The van der Waals surface area contributed by atoms with E-state index in [1.807, 2.05) is 84.9 Å². The van der Waals surface area contributed by atoms with Crippen molar-refractivity contribution in [2.75, 3.05) is 56.7 Å². The van der Waals surface area contributed by atoms with Crippen LogP contribution >= 0.6 is 0 Å².